The Hall–Kier alpha value is -1.68. The minimum absolute atomic E-state index is 0.230. The van der Waals surface area contributed by atoms with Crippen LogP contribution >= 0.6 is 0 Å². The van der Waals surface area contributed by atoms with Gasteiger partial charge in [-0.1, -0.05) is 22.9 Å². The van der Waals surface area contributed by atoms with Crippen molar-refractivity contribution in [3.8, 4) is 11.4 Å². The van der Waals surface area contributed by atoms with Gasteiger partial charge in [-0.3, -0.25) is 0 Å². The monoisotopic (exact) mass is 217 g/mol. The first-order valence-corrected chi connectivity index (χ1v) is 5.24. The van der Waals surface area contributed by atoms with Crippen molar-refractivity contribution in [1.82, 2.24) is 10.1 Å². The van der Waals surface area contributed by atoms with Crippen LogP contribution in [0.3, 0.4) is 0 Å². The first-order chi connectivity index (χ1) is 7.58. The summed E-state index contributed by atoms with van der Waals surface area (Å²) < 4.78 is 5.09. The van der Waals surface area contributed by atoms with Crippen LogP contribution in [0.15, 0.2) is 22.7 Å². The molecule has 1 aromatic carbocycles. The number of hydrogen-bond acceptors (Lipinski definition) is 4. The van der Waals surface area contributed by atoms with Crippen molar-refractivity contribution in [1.29, 1.82) is 0 Å². The van der Waals surface area contributed by atoms with Crippen LogP contribution < -0.4 is 5.73 Å². The molecular weight excluding hydrogens is 202 g/mol. The fourth-order valence-electron chi connectivity index (χ4n) is 1.51. The van der Waals surface area contributed by atoms with Crippen LogP contribution in [0, 0.1) is 13.8 Å². The van der Waals surface area contributed by atoms with Gasteiger partial charge < -0.3 is 10.3 Å². The highest BCUT2D eigenvalue weighted by Crippen LogP contribution is 2.22. The molecule has 4 nitrogen and oxygen atoms in total. The molecule has 0 aliphatic rings. The second-order valence-electron chi connectivity index (χ2n) is 4.06. The van der Waals surface area contributed by atoms with Gasteiger partial charge in [0.2, 0.25) is 11.7 Å². The summed E-state index contributed by atoms with van der Waals surface area (Å²) >= 11 is 0. The van der Waals surface area contributed by atoms with Gasteiger partial charge in [0.15, 0.2) is 0 Å². The average molecular weight is 217 g/mol. The fraction of sp³-hybridized carbons (Fsp3) is 0.333. The smallest absolute Gasteiger partial charge is 0.243 e. The Morgan fingerprint density at radius 2 is 2.06 bits per heavy atom. The van der Waals surface area contributed by atoms with Crippen molar-refractivity contribution < 1.29 is 4.52 Å². The molecule has 0 fully saturated rings. The molecule has 4 heteroatoms. The number of nitrogens with two attached hydrogens (primary N) is 1. The lowest BCUT2D eigenvalue weighted by atomic mass is 10.1. The van der Waals surface area contributed by atoms with Gasteiger partial charge in [-0.15, -0.1) is 0 Å². The Labute approximate surface area is 94.5 Å². The van der Waals surface area contributed by atoms with Crippen LogP contribution in [0.2, 0.25) is 0 Å². The number of benzene rings is 1. The second kappa shape index (κ2) is 4.06. The quantitative estimate of drug-likeness (QED) is 0.838. The highest BCUT2D eigenvalue weighted by atomic mass is 16.5. The molecule has 0 radical (unpaired) electrons. The summed E-state index contributed by atoms with van der Waals surface area (Å²) in [5, 5.41) is 3.94. The molecule has 0 aliphatic heterocycles. The van der Waals surface area contributed by atoms with Crippen LogP contribution in [-0.2, 0) is 0 Å². The Balaban J connectivity index is 2.46. The molecule has 2 N–H and O–H groups in total. The zero-order valence-electron chi connectivity index (χ0n) is 9.69. The van der Waals surface area contributed by atoms with E-state index in [9.17, 15) is 0 Å². The summed E-state index contributed by atoms with van der Waals surface area (Å²) in [6, 6.07) is 5.93. The third kappa shape index (κ3) is 1.97. The fourth-order valence-corrected chi connectivity index (χ4v) is 1.51. The van der Waals surface area contributed by atoms with E-state index in [2.05, 4.69) is 16.2 Å². The SMILES string of the molecule is Cc1ccc(C)c(-c2noc(C(C)N)n2)c1. The Morgan fingerprint density at radius 3 is 2.69 bits per heavy atom. The number of nitrogens with zero attached hydrogens (tertiary/aromatic N) is 2. The Bertz CT molecular complexity index is 503. The maximum Gasteiger partial charge on any atom is 0.243 e. The number of aryl methyl sites for hydroxylation is 2. The van der Waals surface area contributed by atoms with E-state index in [0.29, 0.717) is 11.7 Å². The predicted octanol–water partition coefficient (Wildman–Crippen LogP) is 2.37. The Kier molecular flexibility index (Phi) is 2.75. The standard InChI is InChI=1S/C12H15N3O/c1-7-4-5-8(2)10(6-7)11-14-12(9(3)13)16-15-11/h4-6,9H,13H2,1-3H3. The molecule has 0 aliphatic carbocycles. The summed E-state index contributed by atoms with van der Waals surface area (Å²) in [7, 11) is 0. The van der Waals surface area contributed by atoms with E-state index in [-0.39, 0.29) is 6.04 Å². The lowest BCUT2D eigenvalue weighted by molar-refractivity contribution is 0.362. The molecule has 2 aromatic rings. The molecule has 16 heavy (non-hydrogen) atoms. The van der Waals surface area contributed by atoms with E-state index in [1.807, 2.05) is 32.9 Å². The van der Waals surface area contributed by atoms with Crippen LogP contribution in [0.5, 0.6) is 0 Å². The van der Waals surface area contributed by atoms with Gasteiger partial charge >= 0.3 is 0 Å². The molecule has 0 saturated heterocycles. The zero-order valence-corrected chi connectivity index (χ0v) is 9.69. The number of aromatic nitrogens is 2. The summed E-state index contributed by atoms with van der Waals surface area (Å²) in [6.45, 7) is 5.88. The van der Waals surface area contributed by atoms with Crippen LogP contribution in [0.25, 0.3) is 11.4 Å². The largest absolute Gasteiger partial charge is 0.337 e. The van der Waals surface area contributed by atoms with E-state index in [1.165, 1.54) is 5.56 Å². The Morgan fingerprint density at radius 1 is 1.31 bits per heavy atom. The van der Waals surface area contributed by atoms with Gasteiger partial charge in [0, 0.05) is 5.56 Å². The molecule has 1 unspecified atom stereocenters. The second-order valence-corrected chi connectivity index (χ2v) is 4.06. The van der Waals surface area contributed by atoms with Crippen LogP contribution in [-0.4, -0.2) is 10.1 Å². The number of hydrogen-bond donors (Lipinski definition) is 1. The minimum atomic E-state index is -0.230. The van der Waals surface area contributed by atoms with Gasteiger partial charge in [-0.25, -0.2) is 0 Å². The molecule has 1 atom stereocenters. The molecule has 0 bridgehead atoms. The van der Waals surface area contributed by atoms with Crippen molar-refractivity contribution in [2.45, 2.75) is 26.8 Å². The molecule has 0 amide bonds. The lowest BCUT2D eigenvalue weighted by Gasteiger charge is -2.01. The third-order valence-corrected chi connectivity index (χ3v) is 2.47. The van der Waals surface area contributed by atoms with Gasteiger partial charge in [0.25, 0.3) is 0 Å². The van der Waals surface area contributed by atoms with Crippen LogP contribution in [0.4, 0.5) is 0 Å². The third-order valence-electron chi connectivity index (χ3n) is 2.47. The molecule has 2 rings (SSSR count). The van der Waals surface area contributed by atoms with Crippen molar-refractivity contribution in [2.75, 3.05) is 0 Å². The minimum Gasteiger partial charge on any atom is -0.337 e. The van der Waals surface area contributed by atoms with Gasteiger partial charge in [-0.2, -0.15) is 4.98 Å². The average Bonchev–Trinajstić information content (AvgIpc) is 2.70. The van der Waals surface area contributed by atoms with Crippen molar-refractivity contribution in [3.63, 3.8) is 0 Å². The predicted molar refractivity (Wildman–Crippen MR) is 61.8 cm³/mol. The zero-order chi connectivity index (χ0) is 11.7. The lowest BCUT2D eigenvalue weighted by Crippen LogP contribution is -2.04. The molecule has 0 spiro atoms. The van der Waals surface area contributed by atoms with Crippen molar-refractivity contribution >= 4 is 0 Å². The molecule has 84 valence electrons. The summed E-state index contributed by atoms with van der Waals surface area (Å²) in [4.78, 5) is 4.28. The van der Waals surface area contributed by atoms with Crippen molar-refractivity contribution in [3.05, 3.63) is 35.2 Å². The first-order valence-electron chi connectivity index (χ1n) is 5.24. The molecule has 0 saturated carbocycles. The van der Waals surface area contributed by atoms with Gasteiger partial charge in [0.1, 0.15) is 0 Å². The molecule has 1 aromatic heterocycles. The van der Waals surface area contributed by atoms with E-state index < -0.39 is 0 Å². The van der Waals surface area contributed by atoms with E-state index in [1.54, 1.807) is 0 Å². The van der Waals surface area contributed by atoms with E-state index in [0.717, 1.165) is 11.1 Å². The maximum atomic E-state index is 5.68. The van der Waals surface area contributed by atoms with Crippen LogP contribution in [0.1, 0.15) is 30.0 Å². The first kappa shape index (κ1) is 10.8. The highest BCUT2D eigenvalue weighted by Gasteiger charge is 2.13. The number of rotatable bonds is 2. The normalized spacial score (nSPS) is 12.8. The summed E-state index contributed by atoms with van der Waals surface area (Å²) in [5.41, 5.74) is 8.97. The van der Waals surface area contributed by atoms with Gasteiger partial charge in [-0.05, 0) is 32.4 Å². The molecular formula is C12H15N3O. The summed E-state index contributed by atoms with van der Waals surface area (Å²) in [6.07, 6.45) is 0. The van der Waals surface area contributed by atoms with E-state index >= 15 is 0 Å². The van der Waals surface area contributed by atoms with E-state index in [4.69, 9.17) is 10.3 Å². The van der Waals surface area contributed by atoms with Crippen molar-refractivity contribution in [2.24, 2.45) is 5.73 Å². The summed E-state index contributed by atoms with van der Waals surface area (Å²) in [5.74, 6) is 1.07. The topological polar surface area (TPSA) is 64.9 Å². The maximum absolute atomic E-state index is 5.68. The highest BCUT2D eigenvalue weighted by molar-refractivity contribution is 5.60. The van der Waals surface area contributed by atoms with Gasteiger partial charge in [0.05, 0.1) is 6.04 Å². The molecule has 1 heterocycles.